The van der Waals surface area contributed by atoms with Crippen molar-refractivity contribution in [3.05, 3.63) is 11.6 Å². The van der Waals surface area contributed by atoms with Crippen molar-refractivity contribution < 1.29 is 9.90 Å². The number of likely N-dealkylation sites (tertiary alicyclic amines) is 1. The fourth-order valence-electron chi connectivity index (χ4n) is 3.26. The van der Waals surface area contributed by atoms with E-state index in [2.05, 4.69) is 26.7 Å². The van der Waals surface area contributed by atoms with E-state index in [4.69, 9.17) is 0 Å². The number of aryl methyl sites for hydroxylation is 1. The average Bonchev–Trinajstić information content (AvgIpc) is 2.84. The van der Waals surface area contributed by atoms with Crippen molar-refractivity contribution in [2.45, 2.75) is 38.6 Å². The van der Waals surface area contributed by atoms with Crippen molar-refractivity contribution in [1.29, 1.82) is 0 Å². The predicted molar refractivity (Wildman–Crippen MR) is 73.4 cm³/mol. The molecule has 3 rings (SSSR count). The lowest BCUT2D eigenvalue weighted by molar-refractivity contribution is -0.142. The molecule has 0 aliphatic carbocycles. The molecule has 110 valence electrons. The molecule has 1 saturated heterocycles. The maximum absolute atomic E-state index is 11.2. The van der Waals surface area contributed by atoms with E-state index in [0.29, 0.717) is 18.9 Å². The van der Waals surface area contributed by atoms with Crippen molar-refractivity contribution in [1.82, 2.24) is 19.7 Å². The minimum atomic E-state index is -0.699. The Morgan fingerprint density at radius 1 is 1.30 bits per heavy atom. The number of hydrogen-bond donors (Lipinski definition) is 1. The van der Waals surface area contributed by atoms with Gasteiger partial charge < -0.3 is 14.6 Å². The van der Waals surface area contributed by atoms with Crippen LogP contribution in [0.1, 0.15) is 30.9 Å². The van der Waals surface area contributed by atoms with E-state index in [0.717, 1.165) is 37.6 Å². The highest BCUT2D eigenvalue weighted by Crippen LogP contribution is 2.24. The van der Waals surface area contributed by atoms with E-state index in [9.17, 15) is 9.90 Å². The van der Waals surface area contributed by atoms with Gasteiger partial charge in [-0.05, 0) is 45.3 Å². The number of fused-ring (bicyclic) bond motifs is 1. The van der Waals surface area contributed by atoms with Crippen LogP contribution >= 0.6 is 0 Å². The Balaban J connectivity index is 1.69. The van der Waals surface area contributed by atoms with Gasteiger partial charge >= 0.3 is 5.97 Å². The molecule has 0 saturated carbocycles. The van der Waals surface area contributed by atoms with Crippen LogP contribution in [0.25, 0.3) is 0 Å². The first kappa shape index (κ1) is 13.5. The summed E-state index contributed by atoms with van der Waals surface area (Å²) in [7, 11) is 2.16. The molecule has 6 heteroatoms. The molecule has 1 aromatic rings. The first-order valence-corrected chi connectivity index (χ1v) is 7.46. The van der Waals surface area contributed by atoms with E-state index in [1.165, 1.54) is 12.8 Å². The number of aliphatic carboxylic acids is 1. The third-order valence-electron chi connectivity index (χ3n) is 4.68. The van der Waals surface area contributed by atoms with Gasteiger partial charge in [0.15, 0.2) is 0 Å². The SMILES string of the molecule is CN1CCC(Cc2nnc3n2CC(C(=O)O)CC3)CC1. The lowest BCUT2D eigenvalue weighted by Gasteiger charge is -2.29. The van der Waals surface area contributed by atoms with Crippen molar-refractivity contribution >= 4 is 5.97 Å². The van der Waals surface area contributed by atoms with Crippen molar-refractivity contribution in [3.63, 3.8) is 0 Å². The summed E-state index contributed by atoms with van der Waals surface area (Å²) in [4.78, 5) is 13.5. The second-order valence-corrected chi connectivity index (χ2v) is 6.17. The number of aromatic nitrogens is 3. The van der Waals surface area contributed by atoms with Gasteiger partial charge in [0.1, 0.15) is 11.6 Å². The topological polar surface area (TPSA) is 71.2 Å². The van der Waals surface area contributed by atoms with Crippen LogP contribution in [0.3, 0.4) is 0 Å². The van der Waals surface area contributed by atoms with E-state index >= 15 is 0 Å². The minimum absolute atomic E-state index is 0.283. The van der Waals surface area contributed by atoms with Gasteiger partial charge in [0.2, 0.25) is 0 Å². The molecule has 6 nitrogen and oxygen atoms in total. The average molecular weight is 278 g/mol. The number of piperidine rings is 1. The normalized spacial score (nSPS) is 24.6. The van der Waals surface area contributed by atoms with Gasteiger partial charge in [0.05, 0.1) is 5.92 Å². The Hall–Kier alpha value is -1.43. The first-order chi connectivity index (χ1) is 9.63. The highest BCUT2D eigenvalue weighted by molar-refractivity contribution is 5.70. The maximum atomic E-state index is 11.2. The molecular formula is C14H22N4O2. The third kappa shape index (κ3) is 2.70. The number of carbonyl (C=O) groups is 1. The van der Waals surface area contributed by atoms with Crippen LogP contribution in [0.2, 0.25) is 0 Å². The van der Waals surface area contributed by atoms with Gasteiger partial charge in [0, 0.05) is 19.4 Å². The Kier molecular flexibility index (Phi) is 3.74. The number of nitrogens with zero attached hydrogens (tertiary/aromatic N) is 4. The number of carboxylic acids is 1. The summed E-state index contributed by atoms with van der Waals surface area (Å²) in [6.07, 6.45) is 4.74. The van der Waals surface area contributed by atoms with Gasteiger partial charge in [-0.25, -0.2) is 0 Å². The fraction of sp³-hybridized carbons (Fsp3) is 0.786. The summed E-state index contributed by atoms with van der Waals surface area (Å²) in [6.45, 7) is 2.83. The zero-order valence-electron chi connectivity index (χ0n) is 12.0. The molecule has 3 heterocycles. The minimum Gasteiger partial charge on any atom is -0.481 e. The van der Waals surface area contributed by atoms with Crippen molar-refractivity contribution in [2.75, 3.05) is 20.1 Å². The van der Waals surface area contributed by atoms with Crippen LogP contribution in [0.5, 0.6) is 0 Å². The molecule has 20 heavy (non-hydrogen) atoms. The summed E-state index contributed by atoms with van der Waals surface area (Å²) < 4.78 is 2.06. The van der Waals surface area contributed by atoms with Crippen molar-refractivity contribution in [2.24, 2.45) is 11.8 Å². The van der Waals surface area contributed by atoms with Gasteiger partial charge in [-0.15, -0.1) is 10.2 Å². The van der Waals surface area contributed by atoms with Crippen LogP contribution in [0.4, 0.5) is 0 Å². The Morgan fingerprint density at radius 2 is 2.05 bits per heavy atom. The molecular weight excluding hydrogens is 256 g/mol. The Bertz CT molecular complexity index is 491. The van der Waals surface area contributed by atoms with Crippen LogP contribution in [-0.4, -0.2) is 50.9 Å². The van der Waals surface area contributed by atoms with Crippen LogP contribution < -0.4 is 0 Å². The zero-order chi connectivity index (χ0) is 14.1. The van der Waals surface area contributed by atoms with E-state index in [-0.39, 0.29) is 5.92 Å². The maximum Gasteiger partial charge on any atom is 0.308 e. The van der Waals surface area contributed by atoms with Crippen molar-refractivity contribution in [3.8, 4) is 0 Å². The van der Waals surface area contributed by atoms with E-state index in [1.807, 2.05) is 0 Å². The molecule has 2 aliphatic rings. The quantitative estimate of drug-likeness (QED) is 0.886. The lowest BCUT2D eigenvalue weighted by atomic mass is 9.93. The third-order valence-corrected chi connectivity index (χ3v) is 4.68. The molecule has 2 aliphatic heterocycles. The van der Waals surface area contributed by atoms with Gasteiger partial charge in [-0.3, -0.25) is 4.79 Å². The predicted octanol–water partition coefficient (Wildman–Crippen LogP) is 0.809. The van der Waals surface area contributed by atoms with Gasteiger partial charge in [0.25, 0.3) is 0 Å². The van der Waals surface area contributed by atoms with Crippen LogP contribution in [0.15, 0.2) is 0 Å². The number of rotatable bonds is 3. The van der Waals surface area contributed by atoms with Gasteiger partial charge in [-0.2, -0.15) is 0 Å². The largest absolute Gasteiger partial charge is 0.481 e. The molecule has 0 bridgehead atoms. The Labute approximate surface area is 118 Å². The number of carboxylic acid groups (broad SMARTS) is 1. The fourth-order valence-corrected chi connectivity index (χ4v) is 3.26. The monoisotopic (exact) mass is 278 g/mol. The molecule has 1 N–H and O–H groups in total. The van der Waals surface area contributed by atoms with E-state index < -0.39 is 5.97 Å². The first-order valence-electron chi connectivity index (χ1n) is 7.46. The molecule has 0 amide bonds. The zero-order valence-corrected chi connectivity index (χ0v) is 12.0. The molecule has 0 spiro atoms. The summed E-state index contributed by atoms with van der Waals surface area (Å²) in [5.41, 5.74) is 0. The molecule has 1 atom stereocenters. The summed E-state index contributed by atoms with van der Waals surface area (Å²) >= 11 is 0. The lowest BCUT2D eigenvalue weighted by Crippen LogP contribution is -2.32. The van der Waals surface area contributed by atoms with E-state index in [1.54, 1.807) is 0 Å². The molecule has 0 radical (unpaired) electrons. The second kappa shape index (κ2) is 5.52. The molecule has 1 unspecified atom stereocenters. The summed E-state index contributed by atoms with van der Waals surface area (Å²) in [6, 6.07) is 0. The smallest absolute Gasteiger partial charge is 0.308 e. The number of hydrogen-bond acceptors (Lipinski definition) is 4. The molecule has 1 aromatic heterocycles. The van der Waals surface area contributed by atoms with Gasteiger partial charge in [-0.1, -0.05) is 0 Å². The highest BCUT2D eigenvalue weighted by atomic mass is 16.4. The second-order valence-electron chi connectivity index (χ2n) is 6.17. The summed E-state index contributed by atoms with van der Waals surface area (Å²) in [5, 5.41) is 17.7. The highest BCUT2D eigenvalue weighted by Gasteiger charge is 2.28. The Morgan fingerprint density at radius 3 is 2.75 bits per heavy atom. The standard InChI is InChI=1S/C14H22N4O2/c1-17-6-4-10(5-7-17)8-13-16-15-12-3-2-11(14(19)20)9-18(12)13/h10-11H,2-9H2,1H3,(H,19,20). The molecule has 1 fully saturated rings. The molecule has 0 aromatic carbocycles. The summed E-state index contributed by atoms with van der Waals surface area (Å²) in [5.74, 6) is 1.62. The van der Waals surface area contributed by atoms with Crippen LogP contribution in [0, 0.1) is 11.8 Å². The van der Waals surface area contributed by atoms with Crippen LogP contribution in [-0.2, 0) is 24.2 Å².